The van der Waals surface area contributed by atoms with Crippen molar-refractivity contribution in [2.75, 3.05) is 45.1 Å². The fraction of sp³-hybridized carbons (Fsp3) is 1.00. The van der Waals surface area contributed by atoms with Crippen molar-refractivity contribution in [3.8, 4) is 0 Å². The van der Waals surface area contributed by atoms with E-state index >= 15 is 0 Å². The molecule has 3 heteroatoms. The van der Waals surface area contributed by atoms with Crippen LogP contribution in [0.3, 0.4) is 0 Å². The molecule has 0 saturated carbocycles. The third kappa shape index (κ3) is 7.28. The highest BCUT2D eigenvalue weighted by molar-refractivity contribution is 6.17. The summed E-state index contributed by atoms with van der Waals surface area (Å²) in [7, 11) is 0. The second-order valence-corrected chi connectivity index (χ2v) is 6.02. The lowest BCUT2D eigenvalue weighted by molar-refractivity contribution is 0.121. The molecule has 1 rings (SSSR count). The Morgan fingerprint density at radius 1 is 0.882 bits per heavy atom. The molecule has 0 atom stereocenters. The van der Waals surface area contributed by atoms with Crippen molar-refractivity contribution in [1.29, 1.82) is 0 Å². The Labute approximate surface area is 112 Å². The van der Waals surface area contributed by atoms with Crippen LogP contribution in [0.4, 0.5) is 0 Å². The minimum Gasteiger partial charge on any atom is -0.301 e. The molecule has 0 unspecified atom stereocenters. The molecule has 1 fully saturated rings. The van der Waals surface area contributed by atoms with Crippen LogP contribution >= 0.6 is 11.6 Å². The van der Waals surface area contributed by atoms with E-state index in [1.807, 2.05) is 0 Å². The maximum atomic E-state index is 5.67. The Kier molecular flexibility index (Phi) is 8.25. The number of nitrogens with zero attached hydrogens (tertiary/aromatic N) is 2. The van der Waals surface area contributed by atoms with E-state index in [4.69, 9.17) is 11.6 Å². The van der Waals surface area contributed by atoms with Gasteiger partial charge in [0.15, 0.2) is 0 Å². The Morgan fingerprint density at radius 2 is 1.47 bits per heavy atom. The minimum atomic E-state index is 0.803. The van der Waals surface area contributed by atoms with E-state index in [1.165, 1.54) is 65.0 Å². The fourth-order valence-corrected chi connectivity index (χ4v) is 2.68. The van der Waals surface area contributed by atoms with Crippen LogP contribution in [-0.4, -0.2) is 54.9 Å². The van der Waals surface area contributed by atoms with Crippen LogP contribution < -0.4 is 0 Å². The van der Waals surface area contributed by atoms with Crippen molar-refractivity contribution in [2.24, 2.45) is 5.92 Å². The first kappa shape index (κ1) is 15.3. The molecular formula is C14H29ClN2. The lowest BCUT2D eigenvalue weighted by Crippen LogP contribution is -2.47. The molecule has 102 valence electrons. The molecule has 1 aliphatic rings. The molecule has 0 aromatic heterocycles. The minimum absolute atomic E-state index is 0.803. The summed E-state index contributed by atoms with van der Waals surface area (Å²) < 4.78 is 0. The average molecular weight is 261 g/mol. The van der Waals surface area contributed by atoms with Gasteiger partial charge in [0.05, 0.1) is 0 Å². The predicted molar refractivity (Wildman–Crippen MR) is 76.9 cm³/mol. The highest BCUT2D eigenvalue weighted by atomic mass is 35.5. The Hall–Kier alpha value is 0.210. The first-order valence-corrected chi connectivity index (χ1v) is 7.76. The van der Waals surface area contributed by atoms with Crippen LogP contribution in [0.5, 0.6) is 0 Å². The van der Waals surface area contributed by atoms with Crippen molar-refractivity contribution in [2.45, 2.75) is 39.5 Å². The maximum absolute atomic E-state index is 5.67. The van der Waals surface area contributed by atoms with Gasteiger partial charge in [0.2, 0.25) is 0 Å². The summed E-state index contributed by atoms with van der Waals surface area (Å²) in [6.07, 6.45) is 5.18. The lowest BCUT2D eigenvalue weighted by Gasteiger charge is -2.35. The number of hydrogen-bond acceptors (Lipinski definition) is 2. The van der Waals surface area contributed by atoms with E-state index in [-0.39, 0.29) is 0 Å². The average Bonchev–Trinajstić information content (AvgIpc) is 2.30. The van der Waals surface area contributed by atoms with Gasteiger partial charge in [0.25, 0.3) is 0 Å². The molecule has 0 amide bonds. The van der Waals surface area contributed by atoms with Gasteiger partial charge in [-0.1, -0.05) is 26.7 Å². The summed E-state index contributed by atoms with van der Waals surface area (Å²) in [4.78, 5) is 5.23. The van der Waals surface area contributed by atoms with Crippen LogP contribution in [0.25, 0.3) is 0 Å². The van der Waals surface area contributed by atoms with E-state index in [0.717, 1.165) is 11.8 Å². The van der Waals surface area contributed by atoms with Gasteiger partial charge in [-0.15, -0.1) is 11.6 Å². The highest BCUT2D eigenvalue weighted by Crippen LogP contribution is 2.07. The number of alkyl halides is 1. The van der Waals surface area contributed by atoms with Crippen LogP contribution in [0, 0.1) is 5.92 Å². The largest absolute Gasteiger partial charge is 0.301 e. The molecule has 2 nitrogen and oxygen atoms in total. The van der Waals surface area contributed by atoms with Gasteiger partial charge in [-0.2, -0.15) is 0 Å². The van der Waals surface area contributed by atoms with Crippen LogP contribution in [0.2, 0.25) is 0 Å². The normalized spacial score (nSPS) is 19.1. The zero-order valence-electron chi connectivity index (χ0n) is 11.6. The number of rotatable bonds is 8. The molecule has 0 aromatic carbocycles. The molecule has 1 aliphatic heterocycles. The number of halogens is 1. The fourth-order valence-electron chi connectivity index (χ4n) is 2.50. The number of unbranched alkanes of at least 4 members (excludes halogenated alkanes) is 3. The second-order valence-electron chi connectivity index (χ2n) is 5.64. The topological polar surface area (TPSA) is 6.48 Å². The molecule has 17 heavy (non-hydrogen) atoms. The molecule has 1 heterocycles. The van der Waals surface area contributed by atoms with Gasteiger partial charge >= 0.3 is 0 Å². The smallest absolute Gasteiger partial charge is 0.0223 e. The van der Waals surface area contributed by atoms with Crippen LogP contribution in [-0.2, 0) is 0 Å². The molecular weight excluding hydrogens is 232 g/mol. The SMILES string of the molecule is CC(C)CN1CCN(CCCCCCCl)CC1. The first-order chi connectivity index (χ1) is 8.22. The van der Waals surface area contributed by atoms with Gasteiger partial charge in [-0.3, -0.25) is 0 Å². The van der Waals surface area contributed by atoms with E-state index in [0.29, 0.717) is 0 Å². The first-order valence-electron chi connectivity index (χ1n) is 7.23. The van der Waals surface area contributed by atoms with Crippen molar-refractivity contribution >= 4 is 11.6 Å². The molecule has 0 aliphatic carbocycles. The van der Waals surface area contributed by atoms with Crippen molar-refractivity contribution in [3.05, 3.63) is 0 Å². The summed E-state index contributed by atoms with van der Waals surface area (Å²) in [5.41, 5.74) is 0. The van der Waals surface area contributed by atoms with E-state index in [2.05, 4.69) is 23.6 Å². The highest BCUT2D eigenvalue weighted by Gasteiger charge is 2.16. The van der Waals surface area contributed by atoms with Crippen molar-refractivity contribution < 1.29 is 0 Å². The lowest BCUT2D eigenvalue weighted by atomic mass is 10.1. The molecule has 0 radical (unpaired) electrons. The Balaban J connectivity index is 1.99. The Morgan fingerprint density at radius 3 is 2.06 bits per heavy atom. The van der Waals surface area contributed by atoms with Gasteiger partial charge in [-0.25, -0.2) is 0 Å². The maximum Gasteiger partial charge on any atom is 0.0223 e. The van der Waals surface area contributed by atoms with Crippen molar-refractivity contribution in [3.63, 3.8) is 0 Å². The zero-order chi connectivity index (χ0) is 12.5. The van der Waals surface area contributed by atoms with Gasteiger partial charge in [-0.05, 0) is 25.3 Å². The summed E-state index contributed by atoms with van der Waals surface area (Å²) >= 11 is 5.67. The third-order valence-corrected chi connectivity index (χ3v) is 3.71. The second kappa shape index (κ2) is 9.18. The third-order valence-electron chi connectivity index (χ3n) is 3.45. The number of hydrogen-bond donors (Lipinski definition) is 0. The van der Waals surface area contributed by atoms with Crippen LogP contribution in [0.1, 0.15) is 39.5 Å². The van der Waals surface area contributed by atoms with Gasteiger partial charge in [0.1, 0.15) is 0 Å². The quantitative estimate of drug-likeness (QED) is 0.489. The van der Waals surface area contributed by atoms with Gasteiger partial charge < -0.3 is 9.80 Å². The summed E-state index contributed by atoms with van der Waals surface area (Å²) in [5.74, 6) is 1.63. The predicted octanol–water partition coefficient (Wildman–Crippen LogP) is 3.06. The number of piperazine rings is 1. The molecule has 0 N–H and O–H groups in total. The van der Waals surface area contributed by atoms with Crippen molar-refractivity contribution in [1.82, 2.24) is 9.80 Å². The molecule has 0 spiro atoms. The van der Waals surface area contributed by atoms with E-state index in [9.17, 15) is 0 Å². The zero-order valence-corrected chi connectivity index (χ0v) is 12.4. The summed E-state index contributed by atoms with van der Waals surface area (Å²) in [6, 6.07) is 0. The van der Waals surface area contributed by atoms with Crippen LogP contribution in [0.15, 0.2) is 0 Å². The standard InChI is InChI=1S/C14H29ClN2/c1-14(2)13-17-11-9-16(10-12-17)8-6-4-3-5-7-15/h14H,3-13H2,1-2H3. The Bertz CT molecular complexity index is 177. The molecule has 0 aromatic rings. The van der Waals surface area contributed by atoms with Gasteiger partial charge in [0, 0.05) is 38.6 Å². The summed E-state index contributed by atoms with van der Waals surface area (Å²) in [6.45, 7) is 12.2. The van der Waals surface area contributed by atoms with E-state index in [1.54, 1.807) is 0 Å². The molecule has 1 saturated heterocycles. The molecule has 0 bridgehead atoms. The monoisotopic (exact) mass is 260 g/mol. The van der Waals surface area contributed by atoms with E-state index < -0.39 is 0 Å². The summed E-state index contributed by atoms with van der Waals surface area (Å²) in [5, 5.41) is 0.